The molecule has 1 heterocycles. The third-order valence-corrected chi connectivity index (χ3v) is 3.43. The summed E-state index contributed by atoms with van der Waals surface area (Å²) in [5.74, 6) is 0.930. The average molecular weight is 261 g/mol. The van der Waals surface area contributed by atoms with Crippen LogP contribution in [0.5, 0.6) is 5.75 Å². The van der Waals surface area contributed by atoms with Crippen LogP contribution in [0, 0.1) is 0 Å². The molecule has 0 bridgehead atoms. The highest BCUT2D eigenvalue weighted by atomic mass is 32.1. The normalized spacial score (nSPS) is 12.1. The summed E-state index contributed by atoms with van der Waals surface area (Å²) in [7, 11) is 0. The van der Waals surface area contributed by atoms with Gasteiger partial charge in [-0.3, -0.25) is 0 Å². The first-order chi connectivity index (χ1) is 8.79. The molecule has 18 heavy (non-hydrogen) atoms. The molecule has 0 aliphatic rings. The van der Waals surface area contributed by atoms with Crippen molar-refractivity contribution < 1.29 is 4.74 Å². The van der Waals surface area contributed by atoms with Crippen molar-refractivity contribution in [2.24, 2.45) is 0 Å². The number of hydrogen-bond acceptors (Lipinski definition) is 3. The molecule has 96 valence electrons. The Labute approximate surface area is 113 Å². The minimum absolute atomic E-state index is 0.317. The number of hydrogen-bond donors (Lipinski definition) is 1. The largest absolute Gasteiger partial charge is 0.494 e. The molecule has 0 aliphatic carbocycles. The fourth-order valence-corrected chi connectivity index (χ4v) is 2.50. The van der Waals surface area contributed by atoms with Crippen molar-refractivity contribution in [1.29, 1.82) is 0 Å². The van der Waals surface area contributed by atoms with Gasteiger partial charge in [-0.25, -0.2) is 0 Å². The van der Waals surface area contributed by atoms with Crippen LogP contribution in [0.2, 0.25) is 0 Å². The predicted octanol–water partition coefficient (Wildman–Crippen LogP) is 4.71. The van der Waals surface area contributed by atoms with Gasteiger partial charge in [0.05, 0.1) is 6.61 Å². The second-order valence-electron chi connectivity index (χ2n) is 4.30. The van der Waals surface area contributed by atoms with Crippen molar-refractivity contribution in [3.63, 3.8) is 0 Å². The van der Waals surface area contributed by atoms with Crippen LogP contribution in [0.4, 0.5) is 5.69 Å². The first-order valence-corrected chi connectivity index (χ1v) is 7.25. The smallest absolute Gasteiger partial charge is 0.121 e. The molecule has 1 atom stereocenters. The maximum atomic E-state index is 5.63. The summed E-state index contributed by atoms with van der Waals surface area (Å²) in [6.07, 6.45) is 1.03. The van der Waals surface area contributed by atoms with Gasteiger partial charge >= 0.3 is 0 Å². The lowest BCUT2D eigenvalue weighted by molar-refractivity contribution is 0.317. The van der Waals surface area contributed by atoms with E-state index >= 15 is 0 Å². The van der Waals surface area contributed by atoms with Crippen LogP contribution in [0.25, 0.3) is 0 Å². The molecule has 3 heteroatoms. The summed E-state index contributed by atoms with van der Waals surface area (Å²) in [6, 6.07) is 10.6. The van der Waals surface area contributed by atoms with Crippen molar-refractivity contribution in [2.45, 2.75) is 26.3 Å². The minimum Gasteiger partial charge on any atom is -0.494 e. The van der Waals surface area contributed by atoms with E-state index < -0.39 is 0 Å². The molecule has 0 spiro atoms. The maximum Gasteiger partial charge on any atom is 0.121 e. The van der Waals surface area contributed by atoms with Crippen LogP contribution in [0.15, 0.2) is 41.1 Å². The van der Waals surface area contributed by atoms with Crippen molar-refractivity contribution in [3.05, 3.63) is 46.7 Å². The molecule has 0 aliphatic heterocycles. The SMILES string of the molecule is CCCOc1cccc(NC(C)c2ccsc2)c1. The average Bonchev–Trinajstić information content (AvgIpc) is 2.91. The van der Waals surface area contributed by atoms with Gasteiger partial charge < -0.3 is 10.1 Å². The van der Waals surface area contributed by atoms with E-state index in [-0.39, 0.29) is 0 Å². The molecule has 1 unspecified atom stereocenters. The maximum absolute atomic E-state index is 5.63. The van der Waals surface area contributed by atoms with Gasteiger partial charge in [0.2, 0.25) is 0 Å². The number of anilines is 1. The van der Waals surface area contributed by atoms with Gasteiger partial charge in [-0.2, -0.15) is 11.3 Å². The quantitative estimate of drug-likeness (QED) is 0.813. The molecule has 0 radical (unpaired) electrons. The number of rotatable bonds is 6. The molecule has 0 amide bonds. The minimum atomic E-state index is 0.317. The Balaban J connectivity index is 2.00. The third-order valence-electron chi connectivity index (χ3n) is 2.73. The lowest BCUT2D eigenvalue weighted by Crippen LogP contribution is -2.05. The summed E-state index contributed by atoms with van der Waals surface area (Å²) in [4.78, 5) is 0. The molecule has 0 saturated heterocycles. The zero-order chi connectivity index (χ0) is 12.8. The molecule has 2 nitrogen and oxygen atoms in total. The van der Waals surface area contributed by atoms with Crippen molar-refractivity contribution in [2.75, 3.05) is 11.9 Å². The Hall–Kier alpha value is -1.48. The van der Waals surface area contributed by atoms with Gasteiger partial charge in [0, 0.05) is 17.8 Å². The molecular weight excluding hydrogens is 242 g/mol. The second-order valence-corrected chi connectivity index (χ2v) is 5.08. The van der Waals surface area contributed by atoms with E-state index in [1.54, 1.807) is 11.3 Å². The van der Waals surface area contributed by atoms with E-state index in [1.807, 2.05) is 12.1 Å². The molecule has 0 saturated carbocycles. The summed E-state index contributed by atoms with van der Waals surface area (Å²) in [6.45, 7) is 5.05. The van der Waals surface area contributed by atoms with E-state index in [9.17, 15) is 0 Å². The number of benzene rings is 1. The first-order valence-electron chi connectivity index (χ1n) is 6.31. The van der Waals surface area contributed by atoms with Crippen molar-refractivity contribution >= 4 is 17.0 Å². The zero-order valence-corrected chi connectivity index (χ0v) is 11.7. The standard InChI is InChI=1S/C15H19NOS/c1-3-8-17-15-6-4-5-14(10-15)16-12(2)13-7-9-18-11-13/h4-7,9-12,16H,3,8H2,1-2H3. The number of thiophene rings is 1. The van der Waals surface area contributed by atoms with E-state index in [1.165, 1.54) is 5.56 Å². The Bertz CT molecular complexity index is 467. The highest BCUT2D eigenvalue weighted by Gasteiger charge is 2.05. The molecule has 2 aromatic rings. The van der Waals surface area contributed by atoms with Gasteiger partial charge in [0.25, 0.3) is 0 Å². The van der Waals surface area contributed by atoms with Crippen LogP contribution in [0.3, 0.4) is 0 Å². The first kappa shape index (κ1) is 13.0. The van der Waals surface area contributed by atoms with Gasteiger partial charge in [-0.15, -0.1) is 0 Å². The molecule has 2 rings (SSSR count). The van der Waals surface area contributed by atoms with Crippen LogP contribution in [-0.2, 0) is 0 Å². The molecule has 1 N–H and O–H groups in total. The second kappa shape index (κ2) is 6.45. The summed E-state index contributed by atoms with van der Waals surface area (Å²) in [5, 5.41) is 7.77. The Kier molecular flexibility index (Phi) is 4.65. The van der Waals surface area contributed by atoms with E-state index in [4.69, 9.17) is 4.74 Å². The molecule has 1 aromatic heterocycles. The van der Waals surface area contributed by atoms with Gasteiger partial charge in [0.1, 0.15) is 5.75 Å². The van der Waals surface area contributed by atoms with Crippen LogP contribution in [-0.4, -0.2) is 6.61 Å². The summed E-state index contributed by atoms with van der Waals surface area (Å²) in [5.41, 5.74) is 2.42. The molecule has 1 aromatic carbocycles. The van der Waals surface area contributed by atoms with Crippen LogP contribution >= 0.6 is 11.3 Å². The highest BCUT2D eigenvalue weighted by molar-refractivity contribution is 7.07. The van der Waals surface area contributed by atoms with Crippen LogP contribution in [0.1, 0.15) is 31.9 Å². The topological polar surface area (TPSA) is 21.3 Å². The highest BCUT2D eigenvalue weighted by Crippen LogP contribution is 2.24. The Morgan fingerprint density at radius 2 is 2.22 bits per heavy atom. The van der Waals surface area contributed by atoms with Crippen molar-refractivity contribution in [3.8, 4) is 5.75 Å². The van der Waals surface area contributed by atoms with Crippen LogP contribution < -0.4 is 10.1 Å². The summed E-state index contributed by atoms with van der Waals surface area (Å²) >= 11 is 1.73. The molecule has 0 fully saturated rings. The van der Waals surface area contributed by atoms with Gasteiger partial charge in [-0.05, 0) is 47.9 Å². The lowest BCUT2D eigenvalue weighted by atomic mass is 10.1. The van der Waals surface area contributed by atoms with E-state index in [0.29, 0.717) is 6.04 Å². The fourth-order valence-electron chi connectivity index (χ4n) is 1.75. The van der Waals surface area contributed by atoms with Gasteiger partial charge in [0.15, 0.2) is 0 Å². The number of nitrogens with one attached hydrogen (secondary N) is 1. The number of ether oxygens (including phenoxy) is 1. The fraction of sp³-hybridized carbons (Fsp3) is 0.333. The lowest BCUT2D eigenvalue weighted by Gasteiger charge is -2.15. The summed E-state index contributed by atoms with van der Waals surface area (Å²) < 4.78 is 5.63. The Morgan fingerprint density at radius 1 is 1.33 bits per heavy atom. The Morgan fingerprint density at radius 3 is 2.94 bits per heavy atom. The zero-order valence-electron chi connectivity index (χ0n) is 10.8. The monoisotopic (exact) mass is 261 g/mol. The van der Waals surface area contributed by atoms with E-state index in [2.05, 4.69) is 48.1 Å². The molecular formula is C15H19NOS. The van der Waals surface area contributed by atoms with Gasteiger partial charge in [-0.1, -0.05) is 13.0 Å². The van der Waals surface area contributed by atoms with Crippen molar-refractivity contribution in [1.82, 2.24) is 0 Å². The third kappa shape index (κ3) is 3.50. The predicted molar refractivity (Wildman–Crippen MR) is 78.6 cm³/mol. The van der Waals surface area contributed by atoms with E-state index in [0.717, 1.165) is 24.5 Å².